The molecule has 1 aliphatic rings. The van der Waals surface area contributed by atoms with E-state index in [-0.39, 0.29) is 5.91 Å². The summed E-state index contributed by atoms with van der Waals surface area (Å²) in [5.74, 6) is -0.0671. The maximum absolute atomic E-state index is 12.9. The Morgan fingerprint density at radius 1 is 1.27 bits per heavy atom. The third-order valence-electron chi connectivity index (χ3n) is 4.65. The van der Waals surface area contributed by atoms with Gasteiger partial charge in [-0.15, -0.1) is 0 Å². The van der Waals surface area contributed by atoms with Crippen molar-refractivity contribution in [3.63, 3.8) is 0 Å². The van der Waals surface area contributed by atoms with Crippen molar-refractivity contribution in [1.82, 2.24) is 19.6 Å². The third kappa shape index (κ3) is 3.87. The van der Waals surface area contributed by atoms with Gasteiger partial charge in [-0.1, -0.05) is 18.2 Å². The van der Waals surface area contributed by atoms with Crippen LogP contribution in [-0.2, 0) is 16.1 Å². The number of methoxy groups -OCH3 is 1. The van der Waals surface area contributed by atoms with Gasteiger partial charge in [0.05, 0.1) is 19.0 Å². The summed E-state index contributed by atoms with van der Waals surface area (Å²) < 4.78 is 6.61. The Bertz CT molecular complexity index is 759. The predicted molar refractivity (Wildman–Crippen MR) is 96.8 cm³/mol. The summed E-state index contributed by atoms with van der Waals surface area (Å²) in [7, 11) is 3.10. The first-order chi connectivity index (χ1) is 12.6. The number of hydrogen-bond donors (Lipinski definition) is 0. The summed E-state index contributed by atoms with van der Waals surface area (Å²) in [5, 5.41) is 4.36. The van der Waals surface area contributed by atoms with Gasteiger partial charge in [-0.3, -0.25) is 9.69 Å². The number of nitrogens with zero attached hydrogens (tertiary/aromatic N) is 4. The van der Waals surface area contributed by atoms with Crippen LogP contribution in [0.2, 0.25) is 0 Å². The number of likely N-dealkylation sites (tertiary alicyclic amines) is 1. The highest BCUT2D eigenvalue weighted by atomic mass is 16.5. The Morgan fingerprint density at radius 3 is 2.77 bits per heavy atom. The van der Waals surface area contributed by atoms with Crippen molar-refractivity contribution < 1.29 is 14.3 Å². The topological polar surface area (TPSA) is 67.7 Å². The zero-order valence-corrected chi connectivity index (χ0v) is 15.2. The highest BCUT2D eigenvalue weighted by Crippen LogP contribution is 2.20. The standard InChI is InChI=1S/C19H24N4O3/c1-21(18(24)17-10-6-7-11-22(17)19(25)26-2)13-15-12-20-23(14-15)16-8-4-3-5-9-16/h3-5,8-9,12,14,17H,6-7,10-11,13H2,1-2H3/t17-/m1/s1. The zero-order valence-electron chi connectivity index (χ0n) is 15.2. The van der Waals surface area contributed by atoms with E-state index in [0.29, 0.717) is 19.5 Å². The van der Waals surface area contributed by atoms with Crippen LogP contribution >= 0.6 is 0 Å². The van der Waals surface area contributed by atoms with Crippen LogP contribution in [0, 0.1) is 0 Å². The molecule has 138 valence electrons. The molecule has 1 aromatic carbocycles. The summed E-state index contributed by atoms with van der Waals surface area (Å²) in [4.78, 5) is 28.0. The monoisotopic (exact) mass is 356 g/mol. The van der Waals surface area contributed by atoms with Crippen LogP contribution in [-0.4, -0.2) is 58.3 Å². The van der Waals surface area contributed by atoms with Crippen molar-refractivity contribution in [2.24, 2.45) is 0 Å². The van der Waals surface area contributed by atoms with Gasteiger partial charge in [0, 0.05) is 31.9 Å². The van der Waals surface area contributed by atoms with Gasteiger partial charge in [0.1, 0.15) is 6.04 Å². The van der Waals surface area contributed by atoms with E-state index >= 15 is 0 Å². The summed E-state index contributed by atoms with van der Waals surface area (Å²) in [6.07, 6.45) is 5.74. The summed E-state index contributed by atoms with van der Waals surface area (Å²) >= 11 is 0. The molecular formula is C19H24N4O3. The molecule has 2 amide bonds. The second-order valence-corrected chi connectivity index (χ2v) is 6.50. The second-order valence-electron chi connectivity index (χ2n) is 6.50. The fourth-order valence-corrected chi connectivity index (χ4v) is 3.29. The van der Waals surface area contributed by atoms with Gasteiger partial charge < -0.3 is 9.64 Å². The zero-order chi connectivity index (χ0) is 18.5. The molecule has 1 saturated heterocycles. The fourth-order valence-electron chi connectivity index (χ4n) is 3.29. The molecule has 7 heteroatoms. The number of aromatic nitrogens is 2. The molecule has 0 radical (unpaired) electrons. The summed E-state index contributed by atoms with van der Waals surface area (Å²) in [5.41, 5.74) is 1.90. The number of carbonyl (C=O) groups is 2. The highest BCUT2D eigenvalue weighted by molar-refractivity contribution is 5.85. The molecule has 0 unspecified atom stereocenters. The highest BCUT2D eigenvalue weighted by Gasteiger charge is 2.34. The average molecular weight is 356 g/mol. The van der Waals surface area contributed by atoms with Crippen molar-refractivity contribution in [1.29, 1.82) is 0 Å². The Morgan fingerprint density at radius 2 is 2.04 bits per heavy atom. The Balaban J connectivity index is 1.67. The van der Waals surface area contributed by atoms with Crippen LogP contribution in [0.5, 0.6) is 0 Å². The van der Waals surface area contributed by atoms with Crippen LogP contribution in [0.3, 0.4) is 0 Å². The molecule has 0 aliphatic carbocycles. The molecule has 0 saturated carbocycles. The molecule has 0 spiro atoms. The summed E-state index contributed by atoms with van der Waals surface area (Å²) in [6.45, 7) is 1.00. The second kappa shape index (κ2) is 8.03. The Kier molecular flexibility index (Phi) is 5.55. The van der Waals surface area contributed by atoms with Gasteiger partial charge in [0.25, 0.3) is 0 Å². The van der Waals surface area contributed by atoms with E-state index in [1.54, 1.807) is 22.8 Å². The SMILES string of the molecule is COC(=O)N1CCCC[C@@H]1C(=O)N(C)Cc1cnn(-c2ccccc2)c1. The molecule has 1 aliphatic heterocycles. The molecule has 1 fully saturated rings. The van der Waals surface area contributed by atoms with E-state index < -0.39 is 12.1 Å². The largest absolute Gasteiger partial charge is 0.453 e. The van der Waals surface area contributed by atoms with Crippen molar-refractivity contribution >= 4 is 12.0 Å². The molecule has 0 N–H and O–H groups in total. The molecule has 26 heavy (non-hydrogen) atoms. The first-order valence-electron chi connectivity index (χ1n) is 8.78. The maximum atomic E-state index is 12.9. The van der Waals surface area contributed by atoms with Crippen molar-refractivity contribution in [3.8, 4) is 5.69 Å². The van der Waals surface area contributed by atoms with Crippen LogP contribution in [0.4, 0.5) is 4.79 Å². The normalized spacial score (nSPS) is 17.0. The minimum absolute atomic E-state index is 0.0671. The molecule has 3 rings (SSSR count). The lowest BCUT2D eigenvalue weighted by atomic mass is 10.0. The molecule has 1 atom stereocenters. The van der Waals surface area contributed by atoms with E-state index in [0.717, 1.165) is 24.1 Å². The molecule has 0 bridgehead atoms. The summed E-state index contributed by atoms with van der Waals surface area (Å²) in [6, 6.07) is 9.36. The molecule has 2 aromatic rings. The van der Waals surface area contributed by atoms with Crippen LogP contribution in [0.25, 0.3) is 5.69 Å². The van der Waals surface area contributed by atoms with Gasteiger partial charge in [-0.25, -0.2) is 9.48 Å². The van der Waals surface area contributed by atoms with E-state index in [2.05, 4.69) is 5.10 Å². The van der Waals surface area contributed by atoms with Gasteiger partial charge in [-0.05, 0) is 31.4 Å². The smallest absolute Gasteiger partial charge is 0.410 e. The average Bonchev–Trinajstić information content (AvgIpc) is 3.16. The molecular weight excluding hydrogens is 332 g/mol. The van der Waals surface area contributed by atoms with Gasteiger partial charge >= 0.3 is 6.09 Å². The number of hydrogen-bond acceptors (Lipinski definition) is 4. The predicted octanol–water partition coefficient (Wildman–Crippen LogP) is 2.45. The number of carbonyl (C=O) groups excluding carboxylic acids is 2. The van der Waals surface area contributed by atoms with E-state index in [1.165, 1.54) is 12.0 Å². The number of rotatable bonds is 4. The maximum Gasteiger partial charge on any atom is 0.410 e. The molecule has 2 heterocycles. The van der Waals surface area contributed by atoms with Crippen LogP contribution in [0.15, 0.2) is 42.7 Å². The molecule has 7 nitrogen and oxygen atoms in total. The van der Waals surface area contributed by atoms with Crippen molar-refractivity contribution in [2.45, 2.75) is 31.8 Å². The number of para-hydroxylation sites is 1. The van der Waals surface area contributed by atoms with Crippen LogP contribution in [0.1, 0.15) is 24.8 Å². The lowest BCUT2D eigenvalue weighted by Gasteiger charge is -2.35. The lowest BCUT2D eigenvalue weighted by molar-refractivity contribution is -0.136. The quantitative estimate of drug-likeness (QED) is 0.844. The number of ether oxygens (including phenoxy) is 1. The number of piperidine rings is 1. The van der Waals surface area contributed by atoms with E-state index in [9.17, 15) is 9.59 Å². The van der Waals surface area contributed by atoms with Crippen molar-refractivity contribution in [3.05, 3.63) is 48.3 Å². The number of likely N-dealkylation sites (N-methyl/N-ethyl adjacent to an activating group) is 1. The van der Waals surface area contributed by atoms with E-state index in [4.69, 9.17) is 4.74 Å². The molecule has 1 aromatic heterocycles. The first-order valence-corrected chi connectivity index (χ1v) is 8.78. The first kappa shape index (κ1) is 18.0. The minimum atomic E-state index is -0.453. The van der Waals surface area contributed by atoms with Gasteiger partial charge in [0.2, 0.25) is 5.91 Å². The lowest BCUT2D eigenvalue weighted by Crippen LogP contribution is -2.52. The van der Waals surface area contributed by atoms with Gasteiger partial charge in [0.15, 0.2) is 0 Å². The third-order valence-corrected chi connectivity index (χ3v) is 4.65. The van der Waals surface area contributed by atoms with Crippen LogP contribution < -0.4 is 0 Å². The van der Waals surface area contributed by atoms with Crippen molar-refractivity contribution in [2.75, 3.05) is 20.7 Å². The van der Waals surface area contributed by atoms with E-state index in [1.807, 2.05) is 36.5 Å². The number of benzene rings is 1. The minimum Gasteiger partial charge on any atom is -0.453 e. The Hall–Kier alpha value is -2.83. The number of amides is 2. The fraction of sp³-hybridized carbons (Fsp3) is 0.421. The van der Waals surface area contributed by atoms with Gasteiger partial charge in [-0.2, -0.15) is 5.10 Å². The Labute approximate surface area is 153 Å².